The summed E-state index contributed by atoms with van der Waals surface area (Å²) >= 11 is 0. The topological polar surface area (TPSA) is 48.5 Å². The molecule has 4 aromatic carbocycles. The average molecular weight is 459 g/mol. The molecule has 2 heterocycles. The largest absolute Gasteiger partial charge is 0.368 e. The molecule has 0 unspecified atom stereocenters. The van der Waals surface area contributed by atoms with Crippen molar-refractivity contribution in [2.24, 2.45) is 0 Å². The minimum absolute atomic E-state index is 0.113. The highest BCUT2D eigenvalue weighted by atomic mass is 16.2. The molecule has 0 bridgehead atoms. The van der Waals surface area contributed by atoms with E-state index in [0.717, 1.165) is 54.0 Å². The molecule has 1 aromatic heterocycles. The maximum Gasteiger partial charge on any atom is 0.253 e. The first-order valence-corrected chi connectivity index (χ1v) is 12.0. The number of hydrogen-bond donors (Lipinski definition) is 1. The van der Waals surface area contributed by atoms with E-state index < -0.39 is 0 Å². The lowest BCUT2D eigenvalue weighted by Crippen LogP contribution is -2.48. The summed E-state index contributed by atoms with van der Waals surface area (Å²) in [5.74, 6) is 0.113. The number of nitrogens with one attached hydrogen (secondary N) is 1. The van der Waals surface area contributed by atoms with E-state index in [1.807, 2.05) is 47.5 Å². The summed E-state index contributed by atoms with van der Waals surface area (Å²) in [6, 6.07) is 32.8. The number of benzene rings is 4. The summed E-state index contributed by atoms with van der Waals surface area (Å²) in [6.07, 6.45) is 1.85. The van der Waals surface area contributed by atoms with Gasteiger partial charge in [0, 0.05) is 60.4 Å². The summed E-state index contributed by atoms with van der Waals surface area (Å²) in [4.78, 5) is 21.6. The molecular weight excluding hydrogens is 432 g/mol. The number of aromatic nitrogens is 1. The molecule has 5 heteroatoms. The van der Waals surface area contributed by atoms with Gasteiger partial charge in [-0.3, -0.25) is 9.78 Å². The summed E-state index contributed by atoms with van der Waals surface area (Å²) in [5.41, 5.74) is 4.99. The maximum absolute atomic E-state index is 12.7. The Bertz CT molecular complexity index is 1490. The van der Waals surface area contributed by atoms with Gasteiger partial charge in [0.25, 0.3) is 5.91 Å². The minimum Gasteiger partial charge on any atom is -0.368 e. The lowest BCUT2D eigenvalue weighted by molar-refractivity contribution is 0.0747. The summed E-state index contributed by atoms with van der Waals surface area (Å²) < 4.78 is 0. The van der Waals surface area contributed by atoms with Crippen LogP contribution in [0.2, 0.25) is 0 Å². The van der Waals surface area contributed by atoms with Crippen molar-refractivity contribution in [3.05, 3.63) is 109 Å². The van der Waals surface area contributed by atoms with Crippen LogP contribution in [0.1, 0.15) is 10.4 Å². The average Bonchev–Trinajstić information content (AvgIpc) is 2.93. The van der Waals surface area contributed by atoms with Crippen molar-refractivity contribution >= 4 is 44.6 Å². The van der Waals surface area contributed by atoms with E-state index >= 15 is 0 Å². The molecule has 1 aliphatic heterocycles. The Morgan fingerprint density at radius 1 is 0.743 bits per heavy atom. The Balaban J connectivity index is 1.15. The molecule has 1 aliphatic rings. The van der Waals surface area contributed by atoms with Gasteiger partial charge in [-0.15, -0.1) is 0 Å². The van der Waals surface area contributed by atoms with Crippen LogP contribution < -0.4 is 10.2 Å². The summed E-state index contributed by atoms with van der Waals surface area (Å²) in [5, 5.41) is 7.08. The molecule has 172 valence electrons. The third kappa shape index (κ3) is 4.28. The van der Waals surface area contributed by atoms with Crippen LogP contribution in [-0.4, -0.2) is 42.0 Å². The highest BCUT2D eigenvalue weighted by molar-refractivity contribution is 6.02. The number of carbonyl (C=O) groups excluding carboxylic acids is 1. The number of amides is 1. The quantitative estimate of drug-likeness (QED) is 0.331. The zero-order chi connectivity index (χ0) is 23.6. The SMILES string of the molecule is O=C(c1ccccc1)N1CCN(c2ccc(Nc3ccnc4cc5ccccc5cc34)cc2)CC1. The van der Waals surface area contributed by atoms with Crippen molar-refractivity contribution in [1.29, 1.82) is 0 Å². The first kappa shape index (κ1) is 21.2. The fourth-order valence-corrected chi connectivity index (χ4v) is 4.78. The molecule has 6 rings (SSSR count). The van der Waals surface area contributed by atoms with E-state index in [4.69, 9.17) is 0 Å². The predicted octanol–water partition coefficient (Wildman–Crippen LogP) is 6.09. The molecule has 5 aromatic rings. The molecule has 1 saturated heterocycles. The Kier molecular flexibility index (Phi) is 5.51. The lowest BCUT2D eigenvalue weighted by Gasteiger charge is -2.36. The van der Waals surface area contributed by atoms with Crippen molar-refractivity contribution in [1.82, 2.24) is 9.88 Å². The smallest absolute Gasteiger partial charge is 0.253 e. The van der Waals surface area contributed by atoms with Gasteiger partial charge >= 0.3 is 0 Å². The third-order valence-electron chi connectivity index (χ3n) is 6.71. The number of hydrogen-bond acceptors (Lipinski definition) is 4. The van der Waals surface area contributed by atoms with E-state index in [9.17, 15) is 4.79 Å². The molecular formula is C30H26N4O. The fraction of sp³-hybridized carbons (Fsp3) is 0.133. The number of anilines is 3. The van der Waals surface area contributed by atoms with Gasteiger partial charge in [-0.05, 0) is 65.4 Å². The van der Waals surface area contributed by atoms with Crippen molar-refractivity contribution in [2.45, 2.75) is 0 Å². The molecule has 0 radical (unpaired) electrons. The fourth-order valence-electron chi connectivity index (χ4n) is 4.78. The molecule has 0 saturated carbocycles. The molecule has 0 atom stereocenters. The van der Waals surface area contributed by atoms with Gasteiger partial charge in [-0.1, -0.05) is 42.5 Å². The van der Waals surface area contributed by atoms with Crippen LogP contribution in [0, 0.1) is 0 Å². The predicted molar refractivity (Wildman–Crippen MR) is 144 cm³/mol. The highest BCUT2D eigenvalue weighted by Gasteiger charge is 2.22. The van der Waals surface area contributed by atoms with Gasteiger partial charge in [0.05, 0.1) is 5.52 Å². The zero-order valence-corrected chi connectivity index (χ0v) is 19.4. The number of nitrogens with zero attached hydrogens (tertiary/aromatic N) is 3. The van der Waals surface area contributed by atoms with Crippen LogP contribution in [0.3, 0.4) is 0 Å². The third-order valence-corrected chi connectivity index (χ3v) is 6.71. The molecule has 1 fully saturated rings. The van der Waals surface area contributed by atoms with Crippen molar-refractivity contribution < 1.29 is 4.79 Å². The van der Waals surface area contributed by atoms with Gasteiger partial charge in [-0.25, -0.2) is 0 Å². The van der Waals surface area contributed by atoms with Crippen LogP contribution in [0.5, 0.6) is 0 Å². The Morgan fingerprint density at radius 3 is 2.17 bits per heavy atom. The van der Waals surface area contributed by atoms with Crippen LogP contribution in [-0.2, 0) is 0 Å². The van der Waals surface area contributed by atoms with Gasteiger partial charge in [0.1, 0.15) is 0 Å². The number of carbonyl (C=O) groups is 1. The first-order valence-electron chi connectivity index (χ1n) is 12.0. The Labute approximate surface area is 204 Å². The monoisotopic (exact) mass is 458 g/mol. The molecule has 5 nitrogen and oxygen atoms in total. The van der Waals surface area contributed by atoms with E-state index in [0.29, 0.717) is 0 Å². The van der Waals surface area contributed by atoms with Crippen LogP contribution >= 0.6 is 0 Å². The lowest BCUT2D eigenvalue weighted by atomic mass is 10.1. The first-order chi connectivity index (χ1) is 17.2. The molecule has 1 N–H and O–H groups in total. The normalized spacial score (nSPS) is 13.8. The van der Waals surface area contributed by atoms with Crippen LogP contribution in [0.25, 0.3) is 21.7 Å². The molecule has 35 heavy (non-hydrogen) atoms. The van der Waals surface area contributed by atoms with Gasteiger partial charge in [0.15, 0.2) is 0 Å². The van der Waals surface area contributed by atoms with E-state index in [-0.39, 0.29) is 5.91 Å². The van der Waals surface area contributed by atoms with Gasteiger partial charge in [-0.2, -0.15) is 0 Å². The highest BCUT2D eigenvalue weighted by Crippen LogP contribution is 2.30. The summed E-state index contributed by atoms with van der Waals surface area (Å²) in [6.45, 7) is 3.11. The van der Waals surface area contributed by atoms with E-state index in [1.54, 1.807) is 0 Å². The Hall–Kier alpha value is -4.38. The second-order valence-electron chi connectivity index (χ2n) is 8.89. The van der Waals surface area contributed by atoms with Crippen molar-refractivity contribution in [3.63, 3.8) is 0 Å². The van der Waals surface area contributed by atoms with Crippen LogP contribution in [0.4, 0.5) is 17.1 Å². The zero-order valence-electron chi connectivity index (χ0n) is 19.4. The standard InChI is InChI=1S/C30H26N4O/c35-30(22-6-2-1-3-7-22)34-18-16-33(17-19-34)26-12-10-25(11-13-26)32-28-14-15-31-29-21-24-9-5-4-8-23(24)20-27(28)29/h1-15,20-21H,16-19H2,(H,31,32). The second kappa shape index (κ2) is 9.11. The van der Waals surface area contributed by atoms with Gasteiger partial charge in [0.2, 0.25) is 0 Å². The molecule has 0 aliphatic carbocycles. The van der Waals surface area contributed by atoms with Crippen molar-refractivity contribution in [3.8, 4) is 0 Å². The second-order valence-corrected chi connectivity index (χ2v) is 8.89. The minimum atomic E-state index is 0.113. The number of pyridine rings is 1. The van der Waals surface area contributed by atoms with Crippen LogP contribution in [0.15, 0.2) is 103 Å². The van der Waals surface area contributed by atoms with Gasteiger partial charge < -0.3 is 15.1 Å². The number of rotatable bonds is 4. The number of fused-ring (bicyclic) bond motifs is 2. The van der Waals surface area contributed by atoms with E-state index in [2.05, 4.69) is 75.9 Å². The maximum atomic E-state index is 12.7. The van der Waals surface area contributed by atoms with Crippen molar-refractivity contribution in [2.75, 3.05) is 36.4 Å². The molecule has 1 amide bonds. The van der Waals surface area contributed by atoms with E-state index in [1.165, 1.54) is 16.5 Å². The Morgan fingerprint density at radius 2 is 1.43 bits per heavy atom. The number of piperazine rings is 1. The summed E-state index contributed by atoms with van der Waals surface area (Å²) in [7, 11) is 0. The molecule has 0 spiro atoms.